The van der Waals surface area contributed by atoms with Gasteiger partial charge >= 0.3 is 0 Å². The lowest BCUT2D eigenvalue weighted by molar-refractivity contribution is 0.0957. The molecular formula is C15H25NO2. The Balaban J connectivity index is 2.75. The van der Waals surface area contributed by atoms with Crippen LogP contribution in [-0.4, -0.2) is 29.0 Å². The van der Waals surface area contributed by atoms with Crippen LogP contribution in [0.3, 0.4) is 0 Å². The molecule has 0 aliphatic heterocycles. The van der Waals surface area contributed by atoms with Gasteiger partial charge in [0.1, 0.15) is 0 Å². The maximum absolute atomic E-state index is 9.28. The third kappa shape index (κ3) is 3.80. The molecule has 0 spiro atoms. The standard InChI is InChI=1S/C15H25NO2/c1-11(2)13-5-7-14(8-6-13)12(3)16-15(4,9-17)10-18/h5-8,11-12,16-18H,9-10H2,1-4H3. The van der Waals surface area contributed by atoms with Gasteiger partial charge in [-0.2, -0.15) is 0 Å². The molecule has 0 saturated heterocycles. The van der Waals surface area contributed by atoms with Crippen LogP contribution in [0.2, 0.25) is 0 Å². The zero-order valence-electron chi connectivity index (χ0n) is 11.8. The molecule has 102 valence electrons. The van der Waals surface area contributed by atoms with E-state index in [0.717, 1.165) is 5.56 Å². The third-order valence-electron chi connectivity index (χ3n) is 3.37. The molecule has 0 heterocycles. The molecule has 3 N–H and O–H groups in total. The van der Waals surface area contributed by atoms with E-state index in [0.29, 0.717) is 5.92 Å². The Hall–Kier alpha value is -0.900. The summed E-state index contributed by atoms with van der Waals surface area (Å²) in [5, 5.41) is 21.8. The van der Waals surface area contributed by atoms with Crippen LogP contribution >= 0.6 is 0 Å². The number of hydrogen-bond acceptors (Lipinski definition) is 3. The van der Waals surface area contributed by atoms with Crippen molar-refractivity contribution in [3.63, 3.8) is 0 Å². The lowest BCUT2D eigenvalue weighted by atomic mass is 9.97. The van der Waals surface area contributed by atoms with Gasteiger partial charge in [0.05, 0.1) is 18.8 Å². The molecule has 1 unspecified atom stereocenters. The van der Waals surface area contributed by atoms with Gasteiger partial charge in [-0.15, -0.1) is 0 Å². The summed E-state index contributed by atoms with van der Waals surface area (Å²) in [5.74, 6) is 0.530. The second kappa shape index (κ2) is 6.32. The van der Waals surface area contributed by atoms with Crippen LogP contribution in [-0.2, 0) is 0 Å². The van der Waals surface area contributed by atoms with Gasteiger partial charge in [-0.3, -0.25) is 0 Å². The fourth-order valence-electron chi connectivity index (χ4n) is 1.92. The minimum atomic E-state index is -0.643. The number of aliphatic hydroxyl groups excluding tert-OH is 2. The zero-order valence-corrected chi connectivity index (χ0v) is 11.8. The van der Waals surface area contributed by atoms with E-state index in [1.807, 2.05) is 13.8 Å². The third-order valence-corrected chi connectivity index (χ3v) is 3.37. The van der Waals surface area contributed by atoms with Crippen molar-refractivity contribution in [3.8, 4) is 0 Å². The maximum atomic E-state index is 9.28. The normalized spacial score (nSPS) is 13.9. The van der Waals surface area contributed by atoms with Crippen LogP contribution in [0.15, 0.2) is 24.3 Å². The van der Waals surface area contributed by atoms with E-state index in [4.69, 9.17) is 0 Å². The van der Waals surface area contributed by atoms with E-state index in [1.165, 1.54) is 5.56 Å². The summed E-state index contributed by atoms with van der Waals surface area (Å²) in [6.07, 6.45) is 0. The first kappa shape index (κ1) is 15.2. The van der Waals surface area contributed by atoms with Crippen LogP contribution in [0.1, 0.15) is 50.8 Å². The van der Waals surface area contributed by atoms with E-state index in [1.54, 1.807) is 0 Å². The number of benzene rings is 1. The SMILES string of the molecule is CC(C)c1ccc(C(C)NC(C)(CO)CO)cc1. The van der Waals surface area contributed by atoms with E-state index >= 15 is 0 Å². The number of hydrogen-bond donors (Lipinski definition) is 3. The molecule has 0 aliphatic carbocycles. The molecule has 0 aliphatic rings. The van der Waals surface area contributed by atoms with Gasteiger partial charge in [0.15, 0.2) is 0 Å². The molecule has 1 aromatic carbocycles. The lowest BCUT2D eigenvalue weighted by Gasteiger charge is -2.30. The van der Waals surface area contributed by atoms with Crippen LogP contribution in [0, 0.1) is 0 Å². The highest BCUT2D eigenvalue weighted by atomic mass is 16.3. The van der Waals surface area contributed by atoms with Gasteiger partial charge in [-0.25, -0.2) is 0 Å². The zero-order chi connectivity index (χ0) is 13.8. The fourth-order valence-corrected chi connectivity index (χ4v) is 1.92. The van der Waals surface area contributed by atoms with Gasteiger partial charge < -0.3 is 15.5 Å². The van der Waals surface area contributed by atoms with Crippen molar-refractivity contribution in [1.29, 1.82) is 0 Å². The summed E-state index contributed by atoms with van der Waals surface area (Å²) in [6.45, 7) is 8.02. The monoisotopic (exact) mass is 251 g/mol. The first-order valence-electron chi connectivity index (χ1n) is 6.51. The second-order valence-electron chi connectivity index (χ2n) is 5.56. The maximum Gasteiger partial charge on any atom is 0.0633 e. The van der Waals surface area contributed by atoms with Crippen molar-refractivity contribution in [1.82, 2.24) is 5.32 Å². The van der Waals surface area contributed by atoms with E-state index in [2.05, 4.69) is 43.4 Å². The topological polar surface area (TPSA) is 52.5 Å². The minimum Gasteiger partial charge on any atom is -0.394 e. The Morgan fingerprint density at radius 1 is 1.00 bits per heavy atom. The van der Waals surface area contributed by atoms with Crippen molar-refractivity contribution in [2.75, 3.05) is 13.2 Å². The molecule has 3 heteroatoms. The van der Waals surface area contributed by atoms with Crippen LogP contribution in [0.4, 0.5) is 0 Å². The highest BCUT2D eigenvalue weighted by molar-refractivity contribution is 5.26. The number of nitrogens with one attached hydrogen (secondary N) is 1. The van der Waals surface area contributed by atoms with Crippen molar-refractivity contribution in [2.45, 2.75) is 45.2 Å². The minimum absolute atomic E-state index is 0.0854. The summed E-state index contributed by atoms with van der Waals surface area (Å²) in [4.78, 5) is 0. The van der Waals surface area contributed by atoms with Gasteiger partial charge in [0, 0.05) is 6.04 Å². The Bertz CT molecular complexity index is 355. The van der Waals surface area contributed by atoms with Crippen LogP contribution in [0.25, 0.3) is 0 Å². The van der Waals surface area contributed by atoms with Crippen molar-refractivity contribution >= 4 is 0 Å². The predicted molar refractivity (Wildman–Crippen MR) is 74.7 cm³/mol. The molecule has 1 rings (SSSR count). The lowest BCUT2D eigenvalue weighted by Crippen LogP contribution is -2.49. The first-order valence-corrected chi connectivity index (χ1v) is 6.51. The molecule has 0 aromatic heterocycles. The Morgan fingerprint density at radius 3 is 1.83 bits per heavy atom. The predicted octanol–water partition coefficient (Wildman–Crippen LogP) is 2.20. The quantitative estimate of drug-likeness (QED) is 0.726. The smallest absolute Gasteiger partial charge is 0.0633 e. The van der Waals surface area contributed by atoms with Crippen molar-refractivity contribution in [2.24, 2.45) is 0 Å². The van der Waals surface area contributed by atoms with Crippen LogP contribution in [0.5, 0.6) is 0 Å². The molecule has 0 bridgehead atoms. The van der Waals surface area contributed by atoms with E-state index in [-0.39, 0.29) is 19.3 Å². The number of rotatable bonds is 6. The average molecular weight is 251 g/mol. The Kier molecular flexibility index (Phi) is 5.32. The highest BCUT2D eigenvalue weighted by Crippen LogP contribution is 2.20. The summed E-state index contributed by atoms with van der Waals surface area (Å²) < 4.78 is 0. The molecule has 0 fully saturated rings. The summed E-state index contributed by atoms with van der Waals surface area (Å²) in [5.41, 5.74) is 1.83. The van der Waals surface area contributed by atoms with Crippen molar-refractivity contribution < 1.29 is 10.2 Å². The second-order valence-corrected chi connectivity index (χ2v) is 5.56. The summed E-state index contributed by atoms with van der Waals surface area (Å²) >= 11 is 0. The van der Waals surface area contributed by atoms with Gasteiger partial charge in [0.25, 0.3) is 0 Å². The molecule has 1 aromatic rings. The highest BCUT2D eigenvalue weighted by Gasteiger charge is 2.24. The molecule has 18 heavy (non-hydrogen) atoms. The molecule has 0 radical (unpaired) electrons. The van der Waals surface area contributed by atoms with E-state index < -0.39 is 5.54 Å². The molecule has 1 atom stereocenters. The Labute approximate surface area is 110 Å². The molecule has 0 saturated carbocycles. The van der Waals surface area contributed by atoms with Crippen LogP contribution < -0.4 is 5.32 Å². The van der Waals surface area contributed by atoms with Crippen molar-refractivity contribution in [3.05, 3.63) is 35.4 Å². The molecule has 0 amide bonds. The van der Waals surface area contributed by atoms with Gasteiger partial charge in [-0.1, -0.05) is 38.1 Å². The van der Waals surface area contributed by atoms with Gasteiger partial charge in [-0.05, 0) is 30.9 Å². The number of aliphatic hydroxyl groups is 2. The molecule has 3 nitrogen and oxygen atoms in total. The van der Waals surface area contributed by atoms with Gasteiger partial charge in [0.2, 0.25) is 0 Å². The summed E-state index contributed by atoms with van der Waals surface area (Å²) in [7, 11) is 0. The largest absolute Gasteiger partial charge is 0.394 e. The Morgan fingerprint density at radius 2 is 1.44 bits per heavy atom. The first-order chi connectivity index (χ1) is 8.41. The summed E-state index contributed by atoms with van der Waals surface area (Å²) in [6, 6.07) is 8.56. The average Bonchev–Trinajstić information content (AvgIpc) is 2.38. The fraction of sp³-hybridized carbons (Fsp3) is 0.600. The molecular weight excluding hydrogens is 226 g/mol. The van der Waals surface area contributed by atoms with E-state index in [9.17, 15) is 10.2 Å².